The maximum absolute atomic E-state index is 12.2. The third-order valence-corrected chi connectivity index (χ3v) is 6.49. The average Bonchev–Trinajstić information content (AvgIpc) is 2.73. The number of nitrogens with one attached hydrogen (secondary N) is 2. The van der Waals surface area contributed by atoms with E-state index in [0.29, 0.717) is 18.6 Å². The summed E-state index contributed by atoms with van der Waals surface area (Å²) in [5, 5.41) is 6.59. The zero-order valence-corrected chi connectivity index (χ0v) is 19.9. The first-order chi connectivity index (χ1) is 14.9. The molecule has 31 heavy (non-hydrogen) atoms. The summed E-state index contributed by atoms with van der Waals surface area (Å²) >= 11 is 0. The van der Waals surface area contributed by atoms with Gasteiger partial charge in [0.1, 0.15) is 5.60 Å². The fourth-order valence-electron chi connectivity index (χ4n) is 4.97. The first-order valence-corrected chi connectivity index (χ1v) is 12.3. The Morgan fingerprint density at radius 1 is 1.13 bits per heavy atom. The highest BCUT2D eigenvalue weighted by atomic mass is 16.6. The molecule has 2 N–H and O–H groups in total. The number of aryl methyl sites for hydroxylation is 1. The lowest BCUT2D eigenvalue weighted by Crippen LogP contribution is -2.56. The van der Waals surface area contributed by atoms with Crippen LogP contribution in [0.15, 0.2) is 24.3 Å². The quantitative estimate of drug-likeness (QED) is 0.614. The number of amides is 1. The fourth-order valence-corrected chi connectivity index (χ4v) is 4.97. The molecular weight excluding hydrogens is 388 g/mol. The third kappa shape index (κ3) is 7.50. The van der Waals surface area contributed by atoms with Gasteiger partial charge < -0.3 is 20.1 Å². The standard InChI is InChI=1S/C26H42N2O3/c1-5-9-19-10-6-7-11-22(19)20-13-15-21(16-14-20)30-18-24-23(12-8-17-27-24)28-25(29)31-26(2,3)4/h6-7,10-11,20-21,23-24,27H,5,8-9,12-18H2,1-4H3,(H,28,29)/t20-,21+,23?,24?. The van der Waals surface area contributed by atoms with Gasteiger partial charge in [0, 0.05) is 6.04 Å². The molecule has 2 aliphatic rings. The van der Waals surface area contributed by atoms with E-state index in [4.69, 9.17) is 9.47 Å². The van der Waals surface area contributed by atoms with Crippen LogP contribution in [0.5, 0.6) is 0 Å². The van der Waals surface area contributed by atoms with Crippen molar-refractivity contribution in [3.05, 3.63) is 35.4 Å². The molecule has 1 aliphatic heterocycles. The molecule has 174 valence electrons. The monoisotopic (exact) mass is 430 g/mol. The van der Waals surface area contributed by atoms with E-state index in [9.17, 15) is 4.79 Å². The summed E-state index contributed by atoms with van der Waals surface area (Å²) in [6.45, 7) is 9.55. The third-order valence-electron chi connectivity index (χ3n) is 6.49. The number of rotatable bonds is 7. The molecule has 2 unspecified atom stereocenters. The maximum Gasteiger partial charge on any atom is 0.407 e. The topological polar surface area (TPSA) is 59.6 Å². The fraction of sp³-hybridized carbons (Fsp3) is 0.731. The van der Waals surface area contributed by atoms with Gasteiger partial charge in [0.05, 0.1) is 18.8 Å². The number of benzene rings is 1. The maximum atomic E-state index is 12.2. The molecule has 0 bridgehead atoms. The Morgan fingerprint density at radius 2 is 1.87 bits per heavy atom. The molecule has 1 saturated carbocycles. The van der Waals surface area contributed by atoms with E-state index in [1.165, 1.54) is 31.2 Å². The minimum atomic E-state index is -0.480. The Balaban J connectivity index is 1.46. The molecule has 1 heterocycles. The van der Waals surface area contributed by atoms with E-state index in [2.05, 4.69) is 41.8 Å². The number of alkyl carbamates (subject to hydrolysis) is 1. The van der Waals surface area contributed by atoms with Crippen LogP contribution in [0.3, 0.4) is 0 Å². The highest BCUT2D eigenvalue weighted by molar-refractivity contribution is 5.68. The van der Waals surface area contributed by atoms with E-state index in [-0.39, 0.29) is 18.2 Å². The first kappa shape index (κ1) is 24.1. The average molecular weight is 431 g/mol. The van der Waals surface area contributed by atoms with Crippen molar-refractivity contribution in [2.24, 2.45) is 0 Å². The van der Waals surface area contributed by atoms with Crippen LogP contribution in [-0.4, -0.2) is 43.0 Å². The van der Waals surface area contributed by atoms with Gasteiger partial charge >= 0.3 is 6.09 Å². The number of carbonyl (C=O) groups excluding carboxylic acids is 1. The highest BCUT2D eigenvalue weighted by Gasteiger charge is 2.30. The summed E-state index contributed by atoms with van der Waals surface area (Å²) in [6, 6.07) is 9.18. The molecule has 3 rings (SSSR count). The van der Waals surface area contributed by atoms with Gasteiger partial charge in [-0.1, -0.05) is 37.6 Å². The summed E-state index contributed by atoms with van der Waals surface area (Å²) in [6.07, 6.45) is 8.99. The van der Waals surface area contributed by atoms with Crippen LogP contribution < -0.4 is 10.6 Å². The van der Waals surface area contributed by atoms with Crippen molar-refractivity contribution in [1.29, 1.82) is 0 Å². The van der Waals surface area contributed by atoms with Gasteiger partial charge in [-0.3, -0.25) is 0 Å². The van der Waals surface area contributed by atoms with Gasteiger partial charge in [0.15, 0.2) is 0 Å². The van der Waals surface area contributed by atoms with Gasteiger partial charge in [-0.15, -0.1) is 0 Å². The lowest BCUT2D eigenvalue weighted by Gasteiger charge is -2.36. The van der Waals surface area contributed by atoms with Gasteiger partial charge in [-0.25, -0.2) is 4.79 Å². The molecule has 0 aromatic heterocycles. The number of piperidine rings is 1. The van der Waals surface area contributed by atoms with Gasteiger partial charge in [0.2, 0.25) is 0 Å². The van der Waals surface area contributed by atoms with Gasteiger partial charge in [-0.2, -0.15) is 0 Å². The normalized spacial score (nSPS) is 27.0. The summed E-state index contributed by atoms with van der Waals surface area (Å²) in [7, 11) is 0. The molecule has 1 saturated heterocycles. The van der Waals surface area contributed by atoms with E-state index >= 15 is 0 Å². The van der Waals surface area contributed by atoms with E-state index in [1.54, 1.807) is 5.56 Å². The second-order valence-corrected chi connectivity index (χ2v) is 10.2. The van der Waals surface area contributed by atoms with Crippen molar-refractivity contribution in [2.45, 2.75) is 109 Å². The second kappa shape index (κ2) is 11.3. The molecular formula is C26H42N2O3. The van der Waals surface area contributed by atoms with Crippen molar-refractivity contribution in [1.82, 2.24) is 10.6 Å². The van der Waals surface area contributed by atoms with Crippen molar-refractivity contribution in [3.8, 4) is 0 Å². The minimum absolute atomic E-state index is 0.0564. The SMILES string of the molecule is CCCc1ccccc1[C@H]1CC[C@@H](OCC2NCCCC2NC(=O)OC(C)(C)C)CC1. The lowest BCUT2D eigenvalue weighted by atomic mass is 9.80. The molecule has 1 amide bonds. The predicted octanol–water partition coefficient (Wildman–Crippen LogP) is 5.33. The Bertz CT molecular complexity index is 692. The molecule has 1 aromatic carbocycles. The van der Waals surface area contributed by atoms with Crippen LogP contribution in [0, 0.1) is 0 Å². The van der Waals surface area contributed by atoms with Crippen molar-refractivity contribution in [2.75, 3.05) is 13.2 Å². The van der Waals surface area contributed by atoms with Gasteiger partial charge in [0.25, 0.3) is 0 Å². The van der Waals surface area contributed by atoms with Crippen LogP contribution in [-0.2, 0) is 15.9 Å². The smallest absolute Gasteiger partial charge is 0.407 e. The lowest BCUT2D eigenvalue weighted by molar-refractivity contribution is 0.00167. The van der Waals surface area contributed by atoms with Crippen LogP contribution >= 0.6 is 0 Å². The van der Waals surface area contributed by atoms with Crippen molar-refractivity contribution >= 4 is 6.09 Å². The molecule has 2 atom stereocenters. The van der Waals surface area contributed by atoms with Crippen LogP contribution in [0.25, 0.3) is 0 Å². The first-order valence-electron chi connectivity index (χ1n) is 12.3. The molecule has 1 aromatic rings. The van der Waals surface area contributed by atoms with E-state index < -0.39 is 5.60 Å². The molecule has 5 nitrogen and oxygen atoms in total. The number of carbonyl (C=O) groups is 1. The van der Waals surface area contributed by atoms with Crippen molar-refractivity contribution in [3.63, 3.8) is 0 Å². The number of hydrogen-bond acceptors (Lipinski definition) is 4. The molecule has 5 heteroatoms. The van der Waals surface area contributed by atoms with E-state index in [0.717, 1.165) is 32.2 Å². The van der Waals surface area contributed by atoms with E-state index in [1.807, 2.05) is 20.8 Å². The summed E-state index contributed by atoms with van der Waals surface area (Å²) in [5.74, 6) is 0.664. The minimum Gasteiger partial charge on any atom is -0.444 e. The Labute approximate surface area is 188 Å². The summed E-state index contributed by atoms with van der Waals surface area (Å²) in [4.78, 5) is 12.2. The number of hydrogen-bond donors (Lipinski definition) is 2. The summed E-state index contributed by atoms with van der Waals surface area (Å²) < 4.78 is 11.8. The Hall–Kier alpha value is -1.59. The van der Waals surface area contributed by atoms with Crippen LogP contribution in [0.4, 0.5) is 4.79 Å². The largest absolute Gasteiger partial charge is 0.444 e. The Kier molecular flexibility index (Phi) is 8.79. The molecule has 2 fully saturated rings. The summed E-state index contributed by atoms with van der Waals surface area (Å²) in [5.41, 5.74) is 2.60. The van der Waals surface area contributed by atoms with Crippen molar-refractivity contribution < 1.29 is 14.3 Å². The molecule has 1 aliphatic carbocycles. The zero-order valence-electron chi connectivity index (χ0n) is 19.9. The second-order valence-electron chi connectivity index (χ2n) is 10.2. The van der Waals surface area contributed by atoms with Crippen LogP contribution in [0.1, 0.15) is 89.7 Å². The zero-order chi connectivity index (χ0) is 22.3. The van der Waals surface area contributed by atoms with Gasteiger partial charge in [-0.05, 0) is 89.3 Å². The molecule has 0 spiro atoms. The Morgan fingerprint density at radius 3 is 2.58 bits per heavy atom. The predicted molar refractivity (Wildman–Crippen MR) is 126 cm³/mol. The molecule has 0 radical (unpaired) electrons. The van der Waals surface area contributed by atoms with Crippen LogP contribution in [0.2, 0.25) is 0 Å². The number of ether oxygens (including phenoxy) is 2. The highest BCUT2D eigenvalue weighted by Crippen LogP contribution is 2.36.